The third kappa shape index (κ3) is 3.14. The van der Waals surface area contributed by atoms with E-state index in [2.05, 4.69) is 11.8 Å². The number of hydrogen-bond donors (Lipinski definition) is 1. The van der Waals surface area contributed by atoms with Crippen LogP contribution in [0.2, 0.25) is 0 Å². The molecule has 3 heteroatoms. The van der Waals surface area contributed by atoms with Gasteiger partial charge >= 0.3 is 0 Å². The molecule has 1 unspecified atom stereocenters. The third-order valence-electron chi connectivity index (χ3n) is 4.80. The van der Waals surface area contributed by atoms with Crippen LogP contribution in [0.3, 0.4) is 0 Å². The summed E-state index contributed by atoms with van der Waals surface area (Å²) in [7, 11) is 2.02. The summed E-state index contributed by atoms with van der Waals surface area (Å²) in [5.74, 6) is 0.702. The topological polar surface area (TPSA) is 29.3 Å². The van der Waals surface area contributed by atoms with Crippen LogP contribution in [0.5, 0.6) is 0 Å². The summed E-state index contributed by atoms with van der Waals surface area (Å²) in [6.45, 7) is 4.18. The van der Waals surface area contributed by atoms with Crippen LogP contribution in [0.15, 0.2) is 18.2 Å². The average molecular weight is 278 g/mol. The number of benzene rings is 1. The fourth-order valence-corrected chi connectivity index (χ4v) is 3.39. The molecule has 2 N–H and O–H groups in total. The van der Waals surface area contributed by atoms with E-state index in [1.54, 1.807) is 6.07 Å². The van der Waals surface area contributed by atoms with E-state index in [9.17, 15) is 4.39 Å². The minimum atomic E-state index is -0.153. The zero-order valence-corrected chi connectivity index (χ0v) is 12.9. The van der Waals surface area contributed by atoms with Gasteiger partial charge < -0.3 is 10.6 Å². The first-order valence-electron chi connectivity index (χ1n) is 7.81. The fourth-order valence-electron chi connectivity index (χ4n) is 3.39. The average Bonchev–Trinajstić information content (AvgIpc) is 2.46. The first kappa shape index (κ1) is 15.3. The molecule has 1 aliphatic carbocycles. The van der Waals surface area contributed by atoms with Crippen molar-refractivity contribution >= 4 is 5.69 Å². The number of hydrogen-bond acceptors (Lipinski definition) is 2. The molecule has 0 bridgehead atoms. The van der Waals surface area contributed by atoms with E-state index < -0.39 is 0 Å². The van der Waals surface area contributed by atoms with Crippen LogP contribution in [0.4, 0.5) is 10.1 Å². The first-order chi connectivity index (χ1) is 9.54. The molecule has 2 rings (SSSR count). The molecule has 0 heterocycles. The smallest absolute Gasteiger partial charge is 0.146 e. The van der Waals surface area contributed by atoms with Gasteiger partial charge in [-0.2, -0.15) is 0 Å². The second-order valence-corrected chi connectivity index (χ2v) is 6.16. The van der Waals surface area contributed by atoms with E-state index in [0.29, 0.717) is 11.7 Å². The number of halogens is 1. The summed E-state index contributed by atoms with van der Waals surface area (Å²) in [6, 6.07) is 5.52. The van der Waals surface area contributed by atoms with E-state index in [1.165, 1.54) is 25.3 Å². The Kier molecular flexibility index (Phi) is 5.03. The van der Waals surface area contributed by atoms with Crippen molar-refractivity contribution in [2.75, 3.05) is 11.9 Å². The first-order valence-corrected chi connectivity index (χ1v) is 7.81. The minimum absolute atomic E-state index is 0.143. The van der Waals surface area contributed by atoms with Gasteiger partial charge in [0, 0.05) is 19.1 Å². The second-order valence-electron chi connectivity index (χ2n) is 6.16. The molecule has 1 aromatic carbocycles. The van der Waals surface area contributed by atoms with Gasteiger partial charge in [-0.25, -0.2) is 4.39 Å². The maximum absolute atomic E-state index is 14.3. The van der Waals surface area contributed by atoms with Crippen LogP contribution in [-0.4, -0.2) is 13.1 Å². The number of anilines is 1. The van der Waals surface area contributed by atoms with Gasteiger partial charge in [-0.1, -0.05) is 25.5 Å². The maximum atomic E-state index is 14.3. The van der Waals surface area contributed by atoms with Crippen LogP contribution >= 0.6 is 0 Å². The molecule has 0 amide bonds. The van der Waals surface area contributed by atoms with Gasteiger partial charge in [0.2, 0.25) is 0 Å². The number of nitrogens with zero attached hydrogens (tertiary/aromatic N) is 1. The number of rotatable bonds is 4. The molecule has 1 aromatic rings. The Labute approximate surface area is 122 Å². The molecule has 0 radical (unpaired) electrons. The van der Waals surface area contributed by atoms with Crippen molar-refractivity contribution in [3.63, 3.8) is 0 Å². The van der Waals surface area contributed by atoms with Crippen LogP contribution in [0, 0.1) is 11.7 Å². The standard InChI is InChI=1S/C17H27FN2/c1-4-13-8-10-14(11-9-13)20(3)17-15(12(2)19)6-5-7-16(17)18/h5-7,12-14H,4,8-11,19H2,1-3H3. The van der Waals surface area contributed by atoms with Crippen LogP contribution in [0.25, 0.3) is 0 Å². The van der Waals surface area contributed by atoms with Crippen molar-refractivity contribution in [3.8, 4) is 0 Å². The monoisotopic (exact) mass is 278 g/mol. The van der Waals surface area contributed by atoms with Crippen LogP contribution in [-0.2, 0) is 0 Å². The number of para-hydroxylation sites is 1. The summed E-state index contributed by atoms with van der Waals surface area (Å²) < 4.78 is 14.3. The van der Waals surface area contributed by atoms with Gasteiger partial charge in [0.05, 0.1) is 5.69 Å². The predicted molar refractivity (Wildman–Crippen MR) is 83.4 cm³/mol. The van der Waals surface area contributed by atoms with Crippen molar-refractivity contribution in [1.82, 2.24) is 0 Å². The third-order valence-corrected chi connectivity index (χ3v) is 4.80. The Hall–Kier alpha value is -1.09. The Morgan fingerprint density at radius 3 is 2.50 bits per heavy atom. The molecule has 20 heavy (non-hydrogen) atoms. The van der Waals surface area contributed by atoms with Gasteiger partial charge in [-0.3, -0.25) is 0 Å². The predicted octanol–water partition coefficient (Wildman–Crippen LogP) is 4.25. The van der Waals surface area contributed by atoms with E-state index in [4.69, 9.17) is 5.73 Å². The van der Waals surface area contributed by atoms with E-state index in [0.717, 1.165) is 24.3 Å². The van der Waals surface area contributed by atoms with Crippen molar-refractivity contribution in [3.05, 3.63) is 29.6 Å². The fraction of sp³-hybridized carbons (Fsp3) is 0.647. The summed E-state index contributed by atoms with van der Waals surface area (Å²) in [4.78, 5) is 2.12. The summed E-state index contributed by atoms with van der Waals surface area (Å²) in [6.07, 6.45) is 6.09. The molecule has 0 aliphatic heterocycles. The zero-order valence-electron chi connectivity index (χ0n) is 12.9. The quantitative estimate of drug-likeness (QED) is 0.892. The van der Waals surface area contributed by atoms with Crippen LogP contribution < -0.4 is 10.6 Å². The molecule has 2 nitrogen and oxygen atoms in total. The molecular weight excluding hydrogens is 251 g/mol. The lowest BCUT2D eigenvalue weighted by Crippen LogP contribution is -2.36. The van der Waals surface area contributed by atoms with Crippen LogP contribution in [0.1, 0.15) is 57.6 Å². The largest absolute Gasteiger partial charge is 0.369 e. The Morgan fingerprint density at radius 2 is 1.95 bits per heavy atom. The van der Waals surface area contributed by atoms with Crippen molar-refractivity contribution in [2.24, 2.45) is 11.7 Å². The Balaban J connectivity index is 2.19. The molecule has 0 saturated heterocycles. The molecule has 1 atom stereocenters. The molecule has 0 spiro atoms. The van der Waals surface area contributed by atoms with Gasteiger partial charge in [-0.15, -0.1) is 0 Å². The lowest BCUT2D eigenvalue weighted by atomic mass is 9.83. The van der Waals surface area contributed by atoms with E-state index in [-0.39, 0.29) is 11.9 Å². The Bertz CT molecular complexity index is 437. The molecule has 1 aliphatic rings. The second kappa shape index (κ2) is 6.57. The lowest BCUT2D eigenvalue weighted by molar-refractivity contribution is 0.312. The maximum Gasteiger partial charge on any atom is 0.146 e. The number of nitrogens with two attached hydrogens (primary N) is 1. The summed E-state index contributed by atoms with van der Waals surface area (Å²) in [5, 5.41) is 0. The molecule has 1 saturated carbocycles. The lowest BCUT2D eigenvalue weighted by Gasteiger charge is -2.37. The van der Waals surface area contributed by atoms with E-state index >= 15 is 0 Å². The van der Waals surface area contributed by atoms with Gasteiger partial charge in [0.1, 0.15) is 5.82 Å². The molecular formula is C17H27FN2. The van der Waals surface area contributed by atoms with Crippen molar-refractivity contribution < 1.29 is 4.39 Å². The van der Waals surface area contributed by atoms with Gasteiger partial charge in [0.25, 0.3) is 0 Å². The van der Waals surface area contributed by atoms with Gasteiger partial charge in [0.15, 0.2) is 0 Å². The van der Waals surface area contributed by atoms with Gasteiger partial charge in [-0.05, 0) is 50.2 Å². The Morgan fingerprint density at radius 1 is 1.30 bits per heavy atom. The SMILES string of the molecule is CCC1CCC(N(C)c2c(F)cccc2C(C)N)CC1. The molecule has 112 valence electrons. The summed E-state index contributed by atoms with van der Waals surface area (Å²) >= 11 is 0. The highest BCUT2D eigenvalue weighted by molar-refractivity contribution is 5.56. The summed E-state index contributed by atoms with van der Waals surface area (Å²) in [5.41, 5.74) is 7.61. The highest BCUT2D eigenvalue weighted by atomic mass is 19.1. The highest BCUT2D eigenvalue weighted by Gasteiger charge is 2.26. The molecule has 0 aromatic heterocycles. The van der Waals surface area contributed by atoms with Crippen molar-refractivity contribution in [1.29, 1.82) is 0 Å². The van der Waals surface area contributed by atoms with E-state index in [1.807, 2.05) is 20.0 Å². The highest BCUT2D eigenvalue weighted by Crippen LogP contribution is 2.35. The van der Waals surface area contributed by atoms with Crippen molar-refractivity contribution in [2.45, 2.75) is 58.0 Å². The molecule has 1 fully saturated rings. The minimum Gasteiger partial charge on any atom is -0.369 e. The zero-order chi connectivity index (χ0) is 14.7. The normalized spacial score (nSPS) is 24.4.